The predicted octanol–water partition coefficient (Wildman–Crippen LogP) is 2.16. The van der Waals surface area contributed by atoms with E-state index in [2.05, 4.69) is 5.92 Å². The summed E-state index contributed by atoms with van der Waals surface area (Å²) in [5.74, 6) is 1.36. The monoisotopic (exact) mass is 306 g/mol. The molecular weight excluding hydrogens is 280 g/mol. The summed E-state index contributed by atoms with van der Waals surface area (Å²) in [6.45, 7) is 6.31. The van der Waals surface area contributed by atoms with E-state index in [1.165, 1.54) is 10.0 Å². The van der Waals surface area contributed by atoms with Crippen LogP contribution in [0.2, 0.25) is 0 Å². The van der Waals surface area contributed by atoms with Gasteiger partial charge in [0.2, 0.25) is 11.7 Å². The van der Waals surface area contributed by atoms with E-state index < -0.39 is 17.1 Å². The first-order chi connectivity index (χ1) is 10.3. The molecule has 1 heterocycles. The Morgan fingerprint density at radius 2 is 1.73 bits per heavy atom. The number of hydrogen-bond acceptors (Lipinski definition) is 3. The van der Waals surface area contributed by atoms with Crippen LogP contribution in [0, 0.1) is 17.8 Å². The third-order valence-corrected chi connectivity index (χ3v) is 4.21. The maximum absolute atomic E-state index is 12.5. The number of carbonyl (C=O) groups excluding carboxylic acids is 3. The Morgan fingerprint density at radius 3 is 2.27 bits per heavy atom. The third kappa shape index (κ3) is 4.33. The molecule has 0 aromatic carbocycles. The fraction of sp³-hybridized carbons (Fsp3) is 0.706. The summed E-state index contributed by atoms with van der Waals surface area (Å²) in [5.41, 5.74) is -0.702. The summed E-state index contributed by atoms with van der Waals surface area (Å²) in [5, 5.41) is 2.77. The molecule has 0 aromatic rings. The van der Waals surface area contributed by atoms with Gasteiger partial charge in [0, 0.05) is 31.3 Å². The number of nitrogens with zero attached hydrogens (tertiary/aromatic N) is 2. The second kappa shape index (κ2) is 7.98. The lowest BCUT2D eigenvalue weighted by molar-refractivity contribution is -0.172. The number of Topliss-reactive ketones (excluding diaryl/α,β-unsaturated/α-hetero) is 1. The second-order valence-corrected chi connectivity index (χ2v) is 6.28. The van der Waals surface area contributed by atoms with Crippen molar-refractivity contribution in [2.75, 3.05) is 13.1 Å². The van der Waals surface area contributed by atoms with E-state index in [1.807, 2.05) is 6.92 Å². The minimum absolute atomic E-state index is 0.134. The Bertz CT molecular complexity index is 477. The van der Waals surface area contributed by atoms with E-state index in [0.29, 0.717) is 38.8 Å². The standard InChI is InChI=1S/C17H26N2O3/c1-5-7-8-11-14(20)18-12-9-10-13-19(18)16(22)15(21)17(3,4)6-2/h1H,6-13H2,2-4H3. The lowest BCUT2D eigenvalue weighted by Crippen LogP contribution is -2.56. The van der Waals surface area contributed by atoms with Crippen molar-refractivity contribution in [3.05, 3.63) is 0 Å². The summed E-state index contributed by atoms with van der Waals surface area (Å²) in [4.78, 5) is 37.1. The van der Waals surface area contributed by atoms with E-state index in [-0.39, 0.29) is 5.91 Å². The summed E-state index contributed by atoms with van der Waals surface area (Å²) >= 11 is 0. The average Bonchev–Trinajstić information content (AvgIpc) is 2.53. The van der Waals surface area contributed by atoms with Gasteiger partial charge in [0.25, 0.3) is 0 Å². The number of hydrogen-bond donors (Lipinski definition) is 0. The molecule has 1 fully saturated rings. The summed E-state index contributed by atoms with van der Waals surface area (Å²) < 4.78 is 0. The van der Waals surface area contributed by atoms with Gasteiger partial charge in [0.15, 0.2) is 0 Å². The van der Waals surface area contributed by atoms with Crippen LogP contribution in [0.4, 0.5) is 0 Å². The van der Waals surface area contributed by atoms with Gasteiger partial charge in [-0.05, 0) is 25.7 Å². The highest BCUT2D eigenvalue weighted by Gasteiger charge is 2.38. The van der Waals surface area contributed by atoms with Crippen LogP contribution >= 0.6 is 0 Å². The molecule has 1 rings (SSSR count). The van der Waals surface area contributed by atoms with Gasteiger partial charge in [-0.3, -0.25) is 19.4 Å². The molecule has 0 aromatic heterocycles. The molecule has 0 saturated carbocycles. The van der Waals surface area contributed by atoms with Gasteiger partial charge >= 0.3 is 5.91 Å². The largest absolute Gasteiger partial charge is 0.309 e. The average molecular weight is 306 g/mol. The molecule has 0 atom stereocenters. The molecule has 0 spiro atoms. The number of terminal acetylenes is 1. The van der Waals surface area contributed by atoms with Crippen LogP contribution in [-0.2, 0) is 14.4 Å². The van der Waals surface area contributed by atoms with Crippen molar-refractivity contribution in [2.24, 2.45) is 5.41 Å². The number of ketones is 1. The fourth-order valence-corrected chi connectivity index (χ4v) is 2.27. The Kier molecular flexibility index (Phi) is 6.61. The molecule has 1 aliphatic rings. The van der Waals surface area contributed by atoms with Gasteiger partial charge in [-0.1, -0.05) is 20.8 Å². The molecule has 5 heteroatoms. The van der Waals surface area contributed by atoms with Crippen molar-refractivity contribution in [2.45, 2.75) is 59.3 Å². The Labute approximate surface area is 133 Å². The lowest BCUT2D eigenvalue weighted by Gasteiger charge is -2.39. The molecule has 0 N–H and O–H groups in total. The Balaban J connectivity index is 2.81. The van der Waals surface area contributed by atoms with Gasteiger partial charge in [0.05, 0.1) is 0 Å². The number of unbranched alkanes of at least 4 members (excludes halogenated alkanes) is 1. The van der Waals surface area contributed by atoms with E-state index >= 15 is 0 Å². The first kappa shape index (κ1) is 18.2. The van der Waals surface area contributed by atoms with Gasteiger partial charge in [-0.25, -0.2) is 5.01 Å². The van der Waals surface area contributed by atoms with E-state index in [0.717, 1.165) is 12.8 Å². The molecule has 2 amide bonds. The topological polar surface area (TPSA) is 57.7 Å². The molecule has 0 unspecified atom stereocenters. The minimum Gasteiger partial charge on any atom is -0.288 e. The molecule has 1 saturated heterocycles. The number of amides is 2. The zero-order valence-corrected chi connectivity index (χ0v) is 13.9. The SMILES string of the molecule is C#CCCCC(=O)N1CCCCN1C(=O)C(=O)C(C)(C)CC. The zero-order chi connectivity index (χ0) is 16.8. The number of carbonyl (C=O) groups is 3. The molecule has 0 radical (unpaired) electrons. The lowest BCUT2D eigenvalue weighted by atomic mass is 9.84. The number of rotatable bonds is 6. The highest BCUT2D eigenvalue weighted by Crippen LogP contribution is 2.24. The third-order valence-electron chi connectivity index (χ3n) is 4.21. The van der Waals surface area contributed by atoms with Gasteiger partial charge in [-0.15, -0.1) is 12.3 Å². The first-order valence-electron chi connectivity index (χ1n) is 7.95. The molecule has 5 nitrogen and oxygen atoms in total. The second-order valence-electron chi connectivity index (χ2n) is 6.28. The first-order valence-corrected chi connectivity index (χ1v) is 7.95. The molecule has 0 bridgehead atoms. The zero-order valence-electron chi connectivity index (χ0n) is 13.9. The van der Waals surface area contributed by atoms with Crippen LogP contribution in [0.15, 0.2) is 0 Å². The normalized spacial score (nSPS) is 15.4. The van der Waals surface area contributed by atoms with Crippen LogP contribution in [0.5, 0.6) is 0 Å². The van der Waals surface area contributed by atoms with Crippen LogP contribution < -0.4 is 0 Å². The quantitative estimate of drug-likeness (QED) is 0.429. The van der Waals surface area contributed by atoms with Crippen LogP contribution in [0.1, 0.15) is 59.3 Å². The molecule has 1 aliphatic heterocycles. The number of hydrazine groups is 1. The van der Waals surface area contributed by atoms with Crippen molar-refractivity contribution in [1.82, 2.24) is 10.0 Å². The van der Waals surface area contributed by atoms with Crippen molar-refractivity contribution in [1.29, 1.82) is 0 Å². The van der Waals surface area contributed by atoms with E-state index in [4.69, 9.17) is 6.42 Å². The highest BCUT2D eigenvalue weighted by molar-refractivity contribution is 6.37. The van der Waals surface area contributed by atoms with Crippen molar-refractivity contribution in [3.8, 4) is 12.3 Å². The van der Waals surface area contributed by atoms with Gasteiger partial charge in [0.1, 0.15) is 0 Å². The predicted molar refractivity (Wildman–Crippen MR) is 84.4 cm³/mol. The van der Waals surface area contributed by atoms with Crippen LogP contribution in [-0.4, -0.2) is 40.7 Å². The van der Waals surface area contributed by atoms with E-state index in [9.17, 15) is 14.4 Å². The van der Waals surface area contributed by atoms with Crippen molar-refractivity contribution in [3.63, 3.8) is 0 Å². The Hall–Kier alpha value is -1.83. The van der Waals surface area contributed by atoms with Gasteiger partial charge < -0.3 is 0 Å². The van der Waals surface area contributed by atoms with Crippen LogP contribution in [0.25, 0.3) is 0 Å². The van der Waals surface area contributed by atoms with Crippen LogP contribution in [0.3, 0.4) is 0 Å². The molecule has 122 valence electrons. The highest BCUT2D eigenvalue weighted by atomic mass is 16.2. The molecule has 0 aliphatic carbocycles. The summed E-state index contributed by atoms with van der Waals surface area (Å²) in [6, 6.07) is 0. The maximum atomic E-state index is 12.5. The fourth-order valence-electron chi connectivity index (χ4n) is 2.27. The molecular formula is C17H26N2O3. The van der Waals surface area contributed by atoms with E-state index in [1.54, 1.807) is 13.8 Å². The summed E-state index contributed by atoms with van der Waals surface area (Å²) in [6.07, 6.45) is 8.86. The Morgan fingerprint density at radius 1 is 1.14 bits per heavy atom. The van der Waals surface area contributed by atoms with Gasteiger partial charge in [-0.2, -0.15) is 0 Å². The summed E-state index contributed by atoms with van der Waals surface area (Å²) in [7, 11) is 0. The molecule has 22 heavy (non-hydrogen) atoms. The van der Waals surface area contributed by atoms with Crippen molar-refractivity contribution >= 4 is 17.6 Å². The maximum Gasteiger partial charge on any atom is 0.309 e. The van der Waals surface area contributed by atoms with Crippen molar-refractivity contribution < 1.29 is 14.4 Å². The minimum atomic E-state index is -0.702. The smallest absolute Gasteiger partial charge is 0.288 e.